The third kappa shape index (κ3) is 4.92. The molecule has 1 aromatic rings. The molecule has 27 heavy (non-hydrogen) atoms. The average Bonchev–Trinajstić information content (AvgIpc) is 2.95. The molecule has 0 saturated heterocycles. The van der Waals surface area contributed by atoms with Gasteiger partial charge >= 0.3 is 5.97 Å². The van der Waals surface area contributed by atoms with Crippen molar-refractivity contribution in [3.05, 3.63) is 21.4 Å². The van der Waals surface area contributed by atoms with Crippen molar-refractivity contribution in [1.82, 2.24) is 0 Å². The van der Waals surface area contributed by atoms with E-state index in [0.717, 1.165) is 23.5 Å². The van der Waals surface area contributed by atoms with Crippen LogP contribution in [0, 0.1) is 11.3 Å². The molecule has 0 atom stereocenters. The van der Waals surface area contributed by atoms with E-state index in [9.17, 15) is 25.4 Å². The zero-order valence-electron chi connectivity index (χ0n) is 15.9. The first-order chi connectivity index (χ1) is 12.3. The van der Waals surface area contributed by atoms with Gasteiger partial charge in [0.1, 0.15) is 17.6 Å². The van der Waals surface area contributed by atoms with Crippen molar-refractivity contribution < 1.29 is 24.9 Å². The number of carbonyl (C=O) groups excluding carboxylic acids is 1. The van der Waals surface area contributed by atoms with Crippen molar-refractivity contribution in [2.45, 2.75) is 61.8 Å². The molecule has 1 aromatic carbocycles. The predicted octanol–water partition coefficient (Wildman–Crippen LogP) is 4.03. The second kappa shape index (κ2) is 7.66. The first-order valence-corrected chi connectivity index (χ1v) is 9.97. The van der Waals surface area contributed by atoms with Crippen LogP contribution < -0.4 is 0 Å². The quantitative estimate of drug-likeness (QED) is 0.296. The van der Waals surface area contributed by atoms with E-state index in [2.05, 4.69) is 0 Å². The summed E-state index contributed by atoms with van der Waals surface area (Å²) in [5.74, 6) is -0.761. The lowest BCUT2D eigenvalue weighted by molar-refractivity contribution is -0.139. The van der Waals surface area contributed by atoms with Crippen LogP contribution in [0.25, 0.3) is 0 Å². The van der Waals surface area contributed by atoms with Gasteiger partial charge in [-0.15, -0.1) is 0 Å². The molecule has 0 bridgehead atoms. The number of aromatic hydroxyl groups is 2. The van der Waals surface area contributed by atoms with Crippen LogP contribution in [0.5, 0.6) is 11.5 Å². The van der Waals surface area contributed by atoms with Crippen LogP contribution in [0.15, 0.2) is 25.7 Å². The molecule has 0 spiro atoms. The third-order valence-corrected chi connectivity index (χ3v) is 6.48. The molecule has 3 N–H and O–H groups in total. The van der Waals surface area contributed by atoms with Crippen LogP contribution in [0.1, 0.15) is 46.6 Å². The van der Waals surface area contributed by atoms with Crippen LogP contribution in [0.2, 0.25) is 0 Å². The van der Waals surface area contributed by atoms with Gasteiger partial charge in [-0.2, -0.15) is 5.26 Å². The normalized spacial score (nSPS) is 15.9. The highest BCUT2D eigenvalue weighted by molar-refractivity contribution is 8.24. The van der Waals surface area contributed by atoms with Gasteiger partial charge in [0.05, 0.1) is 26.2 Å². The molecule has 0 aromatic heterocycles. The number of esters is 1. The van der Waals surface area contributed by atoms with E-state index in [4.69, 9.17) is 4.74 Å². The average molecular weight is 410 g/mol. The fraction of sp³-hybridized carbons (Fsp3) is 0.474. The van der Waals surface area contributed by atoms with Crippen LogP contribution in [0.3, 0.4) is 0 Å². The Morgan fingerprint density at radius 3 is 2.30 bits per heavy atom. The Hall–Kier alpha value is -1.82. The SMILES string of the molecule is CC(C)(O)CCOC(=O)C(C#N)=C1Sc2c(O)cc(C(C)(C)C)c(O)c2S1. The molecule has 0 aliphatic carbocycles. The van der Waals surface area contributed by atoms with Gasteiger partial charge in [-0.05, 0) is 25.3 Å². The van der Waals surface area contributed by atoms with Gasteiger partial charge in [-0.1, -0.05) is 44.3 Å². The van der Waals surface area contributed by atoms with Gasteiger partial charge in [-0.3, -0.25) is 0 Å². The highest BCUT2D eigenvalue weighted by Gasteiger charge is 2.33. The standard InChI is InChI=1S/C19H23NO5S2/c1-18(2,3)11-8-12(21)14-15(13(11)22)27-17(26-14)10(9-20)16(23)25-7-6-19(4,5)24/h8,21-22,24H,6-7H2,1-5H3. The summed E-state index contributed by atoms with van der Waals surface area (Å²) in [6.45, 7) is 8.92. The molecule has 1 aliphatic heterocycles. The Bertz CT molecular complexity index is 842. The van der Waals surface area contributed by atoms with E-state index in [1.807, 2.05) is 26.8 Å². The number of aliphatic hydroxyl groups is 1. The van der Waals surface area contributed by atoms with Crippen molar-refractivity contribution in [3.63, 3.8) is 0 Å². The number of benzene rings is 1. The maximum Gasteiger partial charge on any atom is 0.350 e. The van der Waals surface area contributed by atoms with E-state index >= 15 is 0 Å². The van der Waals surface area contributed by atoms with Gasteiger partial charge < -0.3 is 20.1 Å². The highest BCUT2D eigenvalue weighted by Crippen LogP contribution is 2.60. The summed E-state index contributed by atoms with van der Waals surface area (Å²) in [6.07, 6.45) is 0.240. The summed E-state index contributed by atoms with van der Waals surface area (Å²) in [7, 11) is 0. The summed E-state index contributed by atoms with van der Waals surface area (Å²) >= 11 is 2.12. The molecule has 1 heterocycles. The summed E-state index contributed by atoms with van der Waals surface area (Å²) in [4.78, 5) is 13.1. The number of hydrogen-bond acceptors (Lipinski definition) is 8. The minimum Gasteiger partial charge on any atom is -0.507 e. The number of rotatable bonds is 4. The number of thioether (sulfide) groups is 2. The monoisotopic (exact) mass is 409 g/mol. The minimum absolute atomic E-state index is 0.00656. The largest absolute Gasteiger partial charge is 0.507 e. The van der Waals surface area contributed by atoms with E-state index in [1.165, 1.54) is 6.07 Å². The first-order valence-electron chi connectivity index (χ1n) is 8.34. The molecule has 0 fully saturated rings. The summed E-state index contributed by atoms with van der Waals surface area (Å²) < 4.78 is 5.43. The maximum absolute atomic E-state index is 12.3. The zero-order valence-corrected chi connectivity index (χ0v) is 17.5. The van der Waals surface area contributed by atoms with E-state index in [-0.39, 0.29) is 35.5 Å². The van der Waals surface area contributed by atoms with E-state index < -0.39 is 11.6 Å². The number of nitrogens with zero attached hydrogens (tertiary/aromatic N) is 1. The number of nitriles is 1. The Morgan fingerprint density at radius 2 is 1.78 bits per heavy atom. The van der Waals surface area contributed by atoms with Gasteiger partial charge in [0.2, 0.25) is 0 Å². The highest BCUT2D eigenvalue weighted by atomic mass is 32.2. The molecule has 6 nitrogen and oxygen atoms in total. The number of ether oxygens (including phenoxy) is 1. The molecule has 0 saturated carbocycles. The first kappa shape index (κ1) is 21.5. The Labute approximate surface area is 167 Å². The minimum atomic E-state index is -0.978. The molecule has 1 aliphatic rings. The predicted molar refractivity (Wildman–Crippen MR) is 105 cm³/mol. The Morgan fingerprint density at radius 1 is 1.19 bits per heavy atom. The summed E-state index contributed by atoms with van der Waals surface area (Å²) in [5.41, 5.74) is -0.969. The van der Waals surface area contributed by atoms with E-state index in [1.54, 1.807) is 13.8 Å². The zero-order chi connectivity index (χ0) is 20.6. The molecular weight excluding hydrogens is 386 g/mol. The van der Waals surface area contributed by atoms with Crippen molar-refractivity contribution in [2.24, 2.45) is 0 Å². The molecule has 8 heteroatoms. The lowest BCUT2D eigenvalue weighted by atomic mass is 9.86. The van der Waals surface area contributed by atoms with Gasteiger partial charge in [0.25, 0.3) is 0 Å². The fourth-order valence-electron chi connectivity index (χ4n) is 2.33. The lowest BCUT2D eigenvalue weighted by Crippen LogP contribution is -2.22. The molecular formula is C19H23NO5S2. The number of carbonyl (C=O) groups is 1. The van der Waals surface area contributed by atoms with Gasteiger partial charge in [0, 0.05) is 12.0 Å². The molecule has 0 radical (unpaired) electrons. The van der Waals surface area contributed by atoms with Crippen molar-refractivity contribution >= 4 is 29.5 Å². The lowest BCUT2D eigenvalue weighted by Gasteiger charge is -2.22. The Kier molecular flexibility index (Phi) is 6.10. The van der Waals surface area contributed by atoms with Crippen LogP contribution >= 0.6 is 23.5 Å². The van der Waals surface area contributed by atoms with E-state index in [0.29, 0.717) is 19.6 Å². The second-order valence-corrected chi connectivity index (χ2v) is 10.2. The second-order valence-electron chi connectivity index (χ2n) is 7.88. The topological polar surface area (TPSA) is 111 Å². The van der Waals surface area contributed by atoms with Crippen molar-refractivity contribution in [3.8, 4) is 17.6 Å². The third-order valence-electron chi connectivity index (χ3n) is 3.85. The number of phenolic OH excluding ortho intramolecular Hbond substituents is 2. The van der Waals surface area contributed by atoms with Gasteiger partial charge in [0.15, 0.2) is 5.57 Å². The maximum atomic E-state index is 12.3. The van der Waals surface area contributed by atoms with Crippen LogP contribution in [-0.2, 0) is 14.9 Å². The number of fused-ring (bicyclic) bond motifs is 1. The summed E-state index contributed by atoms with van der Waals surface area (Å²) in [6, 6.07) is 3.36. The van der Waals surface area contributed by atoms with Gasteiger partial charge in [-0.25, -0.2) is 4.79 Å². The van der Waals surface area contributed by atoms with Crippen molar-refractivity contribution in [2.75, 3.05) is 6.61 Å². The van der Waals surface area contributed by atoms with Crippen molar-refractivity contribution in [1.29, 1.82) is 5.26 Å². The smallest absolute Gasteiger partial charge is 0.350 e. The molecule has 146 valence electrons. The van der Waals surface area contributed by atoms with Crippen LogP contribution in [0.4, 0.5) is 0 Å². The number of hydrogen-bond donors (Lipinski definition) is 3. The fourth-order valence-corrected chi connectivity index (χ4v) is 4.84. The summed E-state index contributed by atoms with van der Waals surface area (Å²) in [5, 5.41) is 40.0. The number of phenols is 2. The molecule has 2 rings (SSSR count). The Balaban J connectivity index is 2.32. The molecule has 0 amide bonds. The molecule has 0 unspecified atom stereocenters. The van der Waals surface area contributed by atoms with Crippen LogP contribution in [-0.4, -0.2) is 33.5 Å².